The maximum atomic E-state index is 10.3. The molecule has 0 aromatic heterocycles. The lowest BCUT2D eigenvalue weighted by Gasteiger charge is -2.33. The zero-order valence-corrected chi connectivity index (χ0v) is 13.8. The fourth-order valence-corrected chi connectivity index (χ4v) is 3.60. The van der Waals surface area contributed by atoms with Crippen LogP contribution in [-0.2, 0) is 13.1 Å². The fourth-order valence-electron chi connectivity index (χ4n) is 3.60. The number of rotatable bonds is 6. The van der Waals surface area contributed by atoms with Crippen molar-refractivity contribution >= 4 is 0 Å². The summed E-state index contributed by atoms with van der Waals surface area (Å²) in [5.74, 6) is 0.413. The topological polar surface area (TPSA) is 23.5 Å². The average molecular weight is 309 g/mol. The molecule has 1 fully saturated rings. The minimum atomic E-state index is -0.127. The lowest BCUT2D eigenvalue weighted by Crippen LogP contribution is -2.36. The molecule has 3 rings (SSSR count). The van der Waals surface area contributed by atoms with Crippen molar-refractivity contribution in [2.45, 2.75) is 44.9 Å². The van der Waals surface area contributed by atoms with Gasteiger partial charge in [0, 0.05) is 19.6 Å². The first-order valence-electron chi connectivity index (χ1n) is 8.79. The van der Waals surface area contributed by atoms with Crippen LogP contribution in [0.5, 0.6) is 0 Å². The number of aliphatic hydroxyl groups is 1. The van der Waals surface area contributed by atoms with Gasteiger partial charge < -0.3 is 5.11 Å². The van der Waals surface area contributed by atoms with Crippen LogP contribution in [-0.4, -0.2) is 22.7 Å². The van der Waals surface area contributed by atoms with Crippen LogP contribution in [0.1, 0.15) is 36.8 Å². The minimum Gasteiger partial charge on any atom is -0.393 e. The third-order valence-corrected chi connectivity index (χ3v) is 4.86. The van der Waals surface area contributed by atoms with Crippen LogP contribution in [0.25, 0.3) is 0 Å². The van der Waals surface area contributed by atoms with E-state index in [0.29, 0.717) is 5.92 Å². The number of nitrogens with zero attached hydrogens (tertiary/aromatic N) is 1. The standard InChI is InChI=1S/C21H27NO/c23-21-14-8-7-13-20(21)17-22(15-18-9-3-1-4-10-18)16-19-11-5-2-6-12-19/h1-6,9-12,20-21,23H,7-8,13-17H2/t20-,21-/m0/s1. The van der Waals surface area contributed by atoms with Crippen molar-refractivity contribution in [1.82, 2.24) is 4.90 Å². The Hall–Kier alpha value is -1.64. The van der Waals surface area contributed by atoms with Gasteiger partial charge in [-0.2, -0.15) is 0 Å². The van der Waals surface area contributed by atoms with E-state index in [4.69, 9.17) is 0 Å². The lowest BCUT2D eigenvalue weighted by molar-refractivity contribution is 0.0428. The van der Waals surface area contributed by atoms with E-state index in [1.807, 2.05) is 0 Å². The number of benzene rings is 2. The van der Waals surface area contributed by atoms with Crippen molar-refractivity contribution in [1.29, 1.82) is 0 Å². The Morgan fingerprint density at radius 2 is 1.30 bits per heavy atom. The molecule has 2 atom stereocenters. The number of aliphatic hydroxyl groups excluding tert-OH is 1. The van der Waals surface area contributed by atoms with Crippen molar-refractivity contribution in [2.24, 2.45) is 5.92 Å². The van der Waals surface area contributed by atoms with Crippen LogP contribution in [0.2, 0.25) is 0 Å². The summed E-state index contributed by atoms with van der Waals surface area (Å²) in [5, 5.41) is 10.3. The second kappa shape index (κ2) is 8.28. The van der Waals surface area contributed by atoms with Crippen molar-refractivity contribution in [3.63, 3.8) is 0 Å². The third-order valence-electron chi connectivity index (χ3n) is 4.86. The Bertz CT molecular complexity index is 527. The van der Waals surface area contributed by atoms with Gasteiger partial charge in [-0.3, -0.25) is 4.90 Å². The quantitative estimate of drug-likeness (QED) is 0.862. The first kappa shape index (κ1) is 16.2. The highest BCUT2D eigenvalue weighted by molar-refractivity contribution is 5.17. The van der Waals surface area contributed by atoms with Crippen LogP contribution >= 0.6 is 0 Å². The van der Waals surface area contributed by atoms with Crippen LogP contribution < -0.4 is 0 Å². The maximum Gasteiger partial charge on any atom is 0.0580 e. The Kier molecular flexibility index (Phi) is 5.84. The highest BCUT2D eigenvalue weighted by atomic mass is 16.3. The summed E-state index contributed by atoms with van der Waals surface area (Å²) in [6.07, 6.45) is 4.43. The van der Waals surface area contributed by atoms with Gasteiger partial charge in [-0.1, -0.05) is 73.5 Å². The van der Waals surface area contributed by atoms with Gasteiger partial charge in [-0.25, -0.2) is 0 Å². The van der Waals surface area contributed by atoms with E-state index < -0.39 is 0 Å². The third kappa shape index (κ3) is 4.92. The molecule has 1 aliphatic rings. The SMILES string of the molecule is O[C@H]1CCCC[C@H]1CN(Cc1ccccc1)Cc1ccccc1. The van der Waals surface area contributed by atoms with Crippen molar-refractivity contribution in [3.8, 4) is 0 Å². The molecule has 0 bridgehead atoms. The van der Waals surface area contributed by atoms with Crippen LogP contribution in [0.15, 0.2) is 60.7 Å². The molecule has 0 saturated heterocycles. The lowest BCUT2D eigenvalue weighted by atomic mass is 9.86. The molecule has 2 aromatic rings. The van der Waals surface area contributed by atoms with Gasteiger partial charge in [0.2, 0.25) is 0 Å². The molecule has 2 heteroatoms. The summed E-state index contributed by atoms with van der Waals surface area (Å²) in [6, 6.07) is 21.3. The zero-order chi connectivity index (χ0) is 15.9. The summed E-state index contributed by atoms with van der Waals surface area (Å²) >= 11 is 0. The predicted octanol–water partition coefficient (Wildman–Crippen LogP) is 4.24. The Morgan fingerprint density at radius 1 is 0.783 bits per heavy atom. The molecule has 0 amide bonds. The largest absolute Gasteiger partial charge is 0.393 e. The van der Waals surface area contributed by atoms with Gasteiger partial charge in [-0.05, 0) is 29.9 Å². The van der Waals surface area contributed by atoms with Crippen molar-refractivity contribution in [2.75, 3.05) is 6.54 Å². The van der Waals surface area contributed by atoms with Gasteiger partial charge in [0.1, 0.15) is 0 Å². The molecule has 0 heterocycles. The van der Waals surface area contributed by atoms with E-state index >= 15 is 0 Å². The molecule has 0 aliphatic heterocycles. The number of hydrogen-bond donors (Lipinski definition) is 1. The summed E-state index contributed by atoms with van der Waals surface area (Å²) in [7, 11) is 0. The smallest absolute Gasteiger partial charge is 0.0580 e. The second-order valence-corrected chi connectivity index (χ2v) is 6.75. The average Bonchev–Trinajstić information content (AvgIpc) is 2.59. The Labute approximate surface area is 139 Å². The minimum absolute atomic E-state index is 0.127. The second-order valence-electron chi connectivity index (χ2n) is 6.75. The van der Waals surface area contributed by atoms with E-state index in [-0.39, 0.29) is 6.10 Å². The highest BCUT2D eigenvalue weighted by Crippen LogP contribution is 2.26. The van der Waals surface area contributed by atoms with Gasteiger partial charge in [-0.15, -0.1) is 0 Å². The van der Waals surface area contributed by atoms with Gasteiger partial charge >= 0.3 is 0 Å². The fraction of sp³-hybridized carbons (Fsp3) is 0.429. The predicted molar refractivity (Wildman–Crippen MR) is 95.0 cm³/mol. The van der Waals surface area contributed by atoms with E-state index in [9.17, 15) is 5.11 Å². The Balaban J connectivity index is 1.69. The summed E-state index contributed by atoms with van der Waals surface area (Å²) in [4.78, 5) is 2.49. The first-order valence-corrected chi connectivity index (χ1v) is 8.79. The molecule has 23 heavy (non-hydrogen) atoms. The van der Waals surface area contributed by atoms with E-state index in [1.54, 1.807) is 0 Å². The molecule has 122 valence electrons. The van der Waals surface area contributed by atoms with Crippen LogP contribution in [0.3, 0.4) is 0 Å². The van der Waals surface area contributed by atoms with Gasteiger partial charge in [0.15, 0.2) is 0 Å². The summed E-state index contributed by atoms with van der Waals surface area (Å²) in [5.41, 5.74) is 2.68. The molecular formula is C21H27NO. The van der Waals surface area contributed by atoms with Gasteiger partial charge in [0.25, 0.3) is 0 Å². The highest BCUT2D eigenvalue weighted by Gasteiger charge is 2.25. The normalized spacial score (nSPS) is 21.5. The molecule has 1 aliphatic carbocycles. The zero-order valence-electron chi connectivity index (χ0n) is 13.8. The molecule has 1 N–H and O–H groups in total. The van der Waals surface area contributed by atoms with Crippen molar-refractivity contribution < 1.29 is 5.11 Å². The molecule has 2 nitrogen and oxygen atoms in total. The molecule has 0 radical (unpaired) electrons. The summed E-state index contributed by atoms with van der Waals surface area (Å²) in [6.45, 7) is 2.86. The monoisotopic (exact) mass is 309 g/mol. The van der Waals surface area contributed by atoms with Crippen molar-refractivity contribution in [3.05, 3.63) is 71.8 Å². The van der Waals surface area contributed by atoms with E-state index in [2.05, 4.69) is 65.6 Å². The number of hydrogen-bond acceptors (Lipinski definition) is 2. The molecular weight excluding hydrogens is 282 g/mol. The molecule has 2 aromatic carbocycles. The van der Waals surface area contributed by atoms with E-state index in [0.717, 1.165) is 32.5 Å². The van der Waals surface area contributed by atoms with Gasteiger partial charge in [0.05, 0.1) is 6.10 Å². The first-order chi connectivity index (χ1) is 11.3. The van der Waals surface area contributed by atoms with E-state index in [1.165, 1.54) is 24.0 Å². The molecule has 0 unspecified atom stereocenters. The van der Waals surface area contributed by atoms with Crippen LogP contribution in [0, 0.1) is 5.92 Å². The summed E-state index contributed by atoms with van der Waals surface area (Å²) < 4.78 is 0. The molecule has 1 saturated carbocycles. The van der Waals surface area contributed by atoms with Crippen LogP contribution in [0.4, 0.5) is 0 Å². The Morgan fingerprint density at radius 3 is 1.83 bits per heavy atom. The molecule has 0 spiro atoms. The maximum absolute atomic E-state index is 10.3.